The number of hydrogen-bond acceptors (Lipinski definition) is 5. The predicted molar refractivity (Wildman–Crippen MR) is 72.6 cm³/mol. The fourth-order valence-electron chi connectivity index (χ4n) is 1.68. The van der Waals surface area contributed by atoms with Crippen molar-refractivity contribution in [3.05, 3.63) is 47.6 Å². The van der Waals surface area contributed by atoms with E-state index in [2.05, 4.69) is 9.97 Å². The van der Waals surface area contributed by atoms with Crippen molar-refractivity contribution in [2.45, 2.75) is 6.61 Å². The number of anilines is 1. The highest BCUT2D eigenvalue weighted by atomic mass is 32.1. The summed E-state index contributed by atoms with van der Waals surface area (Å²) in [5, 5.41) is 3.56. The maximum atomic E-state index is 5.66. The summed E-state index contributed by atoms with van der Waals surface area (Å²) in [7, 11) is 0. The number of thiazole rings is 1. The van der Waals surface area contributed by atoms with Crippen molar-refractivity contribution >= 4 is 27.4 Å². The molecule has 0 atom stereocenters. The van der Waals surface area contributed by atoms with Gasteiger partial charge in [0.25, 0.3) is 0 Å². The fourth-order valence-corrected chi connectivity index (χ4v) is 2.23. The second-order valence-electron chi connectivity index (χ2n) is 3.82. The molecule has 2 heterocycles. The average molecular weight is 257 g/mol. The minimum Gasteiger partial charge on any atom is -0.487 e. The first-order valence-corrected chi connectivity index (χ1v) is 6.37. The van der Waals surface area contributed by atoms with Gasteiger partial charge in [-0.1, -0.05) is 6.07 Å². The van der Waals surface area contributed by atoms with Crippen LogP contribution in [0.5, 0.6) is 5.75 Å². The van der Waals surface area contributed by atoms with E-state index in [1.165, 1.54) is 11.3 Å². The SMILES string of the molecule is Nc1nc(COc2ccc3cccnc3c2)cs1. The molecule has 0 fully saturated rings. The van der Waals surface area contributed by atoms with Crippen molar-refractivity contribution in [3.8, 4) is 5.75 Å². The van der Waals surface area contributed by atoms with E-state index in [4.69, 9.17) is 10.5 Å². The molecule has 90 valence electrons. The zero-order valence-corrected chi connectivity index (χ0v) is 10.4. The van der Waals surface area contributed by atoms with Gasteiger partial charge in [-0.3, -0.25) is 4.98 Å². The Balaban J connectivity index is 1.78. The molecular weight excluding hydrogens is 246 g/mol. The smallest absolute Gasteiger partial charge is 0.180 e. The molecule has 0 saturated carbocycles. The van der Waals surface area contributed by atoms with Crippen LogP contribution in [0.15, 0.2) is 41.9 Å². The Morgan fingerprint density at radius 1 is 1.28 bits per heavy atom. The summed E-state index contributed by atoms with van der Waals surface area (Å²) in [5.41, 5.74) is 7.33. The number of ether oxygens (including phenoxy) is 1. The Morgan fingerprint density at radius 2 is 2.22 bits per heavy atom. The van der Waals surface area contributed by atoms with Crippen molar-refractivity contribution < 1.29 is 4.74 Å². The molecule has 3 aromatic rings. The number of nitrogen functional groups attached to an aromatic ring is 1. The summed E-state index contributed by atoms with van der Waals surface area (Å²) in [6.45, 7) is 0.423. The molecule has 0 bridgehead atoms. The Hall–Kier alpha value is -2.14. The third kappa shape index (κ3) is 2.26. The maximum absolute atomic E-state index is 5.66. The van der Waals surface area contributed by atoms with E-state index in [9.17, 15) is 0 Å². The second-order valence-corrected chi connectivity index (χ2v) is 4.71. The molecule has 3 rings (SSSR count). The van der Waals surface area contributed by atoms with Gasteiger partial charge in [0, 0.05) is 23.0 Å². The van der Waals surface area contributed by atoms with Gasteiger partial charge in [0.1, 0.15) is 12.4 Å². The van der Waals surface area contributed by atoms with Crippen LogP contribution >= 0.6 is 11.3 Å². The van der Waals surface area contributed by atoms with Gasteiger partial charge < -0.3 is 10.5 Å². The molecule has 1 aromatic carbocycles. The molecule has 2 N–H and O–H groups in total. The highest BCUT2D eigenvalue weighted by Gasteiger charge is 2.01. The lowest BCUT2D eigenvalue weighted by atomic mass is 10.2. The van der Waals surface area contributed by atoms with Crippen LogP contribution in [0.3, 0.4) is 0 Å². The van der Waals surface area contributed by atoms with Gasteiger partial charge >= 0.3 is 0 Å². The van der Waals surface area contributed by atoms with Crippen LogP contribution in [0.1, 0.15) is 5.69 Å². The monoisotopic (exact) mass is 257 g/mol. The van der Waals surface area contributed by atoms with Crippen molar-refractivity contribution in [2.24, 2.45) is 0 Å². The van der Waals surface area contributed by atoms with Gasteiger partial charge in [0.15, 0.2) is 5.13 Å². The lowest BCUT2D eigenvalue weighted by Crippen LogP contribution is -1.96. The summed E-state index contributed by atoms with van der Waals surface area (Å²) in [6.07, 6.45) is 1.77. The van der Waals surface area contributed by atoms with E-state index in [1.807, 2.05) is 35.7 Å². The topological polar surface area (TPSA) is 61.0 Å². The number of pyridine rings is 1. The molecule has 18 heavy (non-hydrogen) atoms. The summed E-state index contributed by atoms with van der Waals surface area (Å²) >= 11 is 1.42. The largest absolute Gasteiger partial charge is 0.487 e. The third-order valence-corrected chi connectivity index (χ3v) is 3.26. The lowest BCUT2D eigenvalue weighted by molar-refractivity contribution is 0.302. The molecule has 0 saturated heterocycles. The van der Waals surface area contributed by atoms with Crippen LogP contribution in [0.2, 0.25) is 0 Å². The van der Waals surface area contributed by atoms with Crippen LogP contribution in [-0.2, 0) is 6.61 Å². The van der Waals surface area contributed by atoms with E-state index in [1.54, 1.807) is 6.20 Å². The van der Waals surface area contributed by atoms with E-state index in [-0.39, 0.29) is 0 Å². The van der Waals surface area contributed by atoms with Gasteiger partial charge in [-0.15, -0.1) is 11.3 Å². The first-order chi connectivity index (χ1) is 8.81. The Labute approximate surface area is 108 Å². The summed E-state index contributed by atoms with van der Waals surface area (Å²) in [4.78, 5) is 8.43. The Morgan fingerprint density at radius 3 is 3.06 bits per heavy atom. The molecule has 0 aliphatic rings. The van der Waals surface area contributed by atoms with Crippen LogP contribution < -0.4 is 10.5 Å². The summed E-state index contributed by atoms with van der Waals surface area (Å²) < 4.78 is 5.66. The molecule has 0 spiro atoms. The van der Waals surface area contributed by atoms with Crippen LogP contribution in [0.25, 0.3) is 10.9 Å². The summed E-state index contributed by atoms with van der Waals surface area (Å²) in [6, 6.07) is 9.78. The maximum Gasteiger partial charge on any atom is 0.180 e. The number of nitrogens with zero attached hydrogens (tertiary/aromatic N) is 2. The molecule has 4 nitrogen and oxygen atoms in total. The number of nitrogens with two attached hydrogens (primary N) is 1. The highest BCUT2D eigenvalue weighted by Crippen LogP contribution is 2.20. The number of rotatable bonds is 3. The number of hydrogen-bond donors (Lipinski definition) is 1. The normalized spacial score (nSPS) is 10.7. The molecule has 0 radical (unpaired) electrons. The zero-order valence-electron chi connectivity index (χ0n) is 9.54. The Kier molecular flexibility index (Phi) is 2.82. The van der Waals surface area contributed by atoms with Crippen molar-refractivity contribution in [2.75, 3.05) is 5.73 Å². The molecule has 0 aliphatic heterocycles. The Bertz CT molecular complexity index is 681. The van der Waals surface area contributed by atoms with Crippen LogP contribution in [0.4, 0.5) is 5.13 Å². The minimum atomic E-state index is 0.423. The van der Waals surface area contributed by atoms with Crippen molar-refractivity contribution in [1.29, 1.82) is 0 Å². The molecule has 0 amide bonds. The standard InChI is InChI=1S/C13H11N3OS/c14-13-16-10(8-18-13)7-17-11-4-3-9-2-1-5-15-12(9)6-11/h1-6,8H,7H2,(H2,14,16). The van der Waals surface area contributed by atoms with Gasteiger partial charge in [-0.05, 0) is 18.2 Å². The molecule has 0 unspecified atom stereocenters. The first kappa shape index (κ1) is 11.0. The number of benzene rings is 1. The van der Waals surface area contributed by atoms with E-state index in [0.29, 0.717) is 11.7 Å². The molecular formula is C13H11N3OS. The minimum absolute atomic E-state index is 0.423. The van der Waals surface area contributed by atoms with Gasteiger partial charge in [0.05, 0.1) is 11.2 Å². The van der Waals surface area contributed by atoms with Gasteiger partial charge in [-0.25, -0.2) is 4.98 Å². The second kappa shape index (κ2) is 4.62. The van der Waals surface area contributed by atoms with E-state index in [0.717, 1.165) is 22.3 Å². The van der Waals surface area contributed by atoms with E-state index < -0.39 is 0 Å². The highest BCUT2D eigenvalue weighted by molar-refractivity contribution is 7.13. The molecule has 5 heteroatoms. The van der Waals surface area contributed by atoms with Gasteiger partial charge in [0.2, 0.25) is 0 Å². The van der Waals surface area contributed by atoms with Crippen molar-refractivity contribution in [3.63, 3.8) is 0 Å². The van der Waals surface area contributed by atoms with Crippen LogP contribution in [-0.4, -0.2) is 9.97 Å². The molecule has 2 aromatic heterocycles. The van der Waals surface area contributed by atoms with Crippen molar-refractivity contribution in [1.82, 2.24) is 9.97 Å². The fraction of sp³-hybridized carbons (Fsp3) is 0.0769. The predicted octanol–water partition coefficient (Wildman–Crippen LogP) is 2.85. The first-order valence-electron chi connectivity index (χ1n) is 5.49. The third-order valence-electron chi connectivity index (χ3n) is 2.53. The average Bonchev–Trinajstić information content (AvgIpc) is 2.82. The quantitative estimate of drug-likeness (QED) is 0.783. The lowest BCUT2D eigenvalue weighted by Gasteiger charge is -2.05. The van der Waals surface area contributed by atoms with Gasteiger partial charge in [-0.2, -0.15) is 0 Å². The van der Waals surface area contributed by atoms with Crippen LogP contribution in [0, 0.1) is 0 Å². The van der Waals surface area contributed by atoms with E-state index >= 15 is 0 Å². The number of fused-ring (bicyclic) bond motifs is 1. The zero-order chi connectivity index (χ0) is 12.4. The molecule has 0 aliphatic carbocycles. The summed E-state index contributed by atoms with van der Waals surface area (Å²) in [5.74, 6) is 0.785. The number of aromatic nitrogens is 2.